The number of amides is 1. The van der Waals surface area contributed by atoms with E-state index in [1.165, 1.54) is 0 Å². The minimum atomic E-state index is -0.300. The number of carbonyl (C=O) groups excluding carboxylic acids is 1. The van der Waals surface area contributed by atoms with Crippen LogP contribution < -0.4 is 4.74 Å². The van der Waals surface area contributed by atoms with Gasteiger partial charge >= 0.3 is 0 Å². The highest BCUT2D eigenvalue weighted by Gasteiger charge is 2.67. The lowest BCUT2D eigenvalue weighted by molar-refractivity contribution is -0.199. The third kappa shape index (κ3) is 2.97. The number of nitriles is 1. The summed E-state index contributed by atoms with van der Waals surface area (Å²) in [7, 11) is 0. The molecule has 1 amide bonds. The standard InChI is InChI=1S/C22H21Cl2N3O2/c1-21(2)19(27-11-16-14(18(27)28)7-8-17(24)26-16)22(3,4)20(21)29-13-6-5-12(10-25)15(23)9-13/h5-9,19-20H,11H2,1-4H3. The first-order chi connectivity index (χ1) is 13.6. The maximum absolute atomic E-state index is 13.1. The summed E-state index contributed by atoms with van der Waals surface area (Å²) in [6.07, 6.45) is -0.142. The summed E-state index contributed by atoms with van der Waals surface area (Å²) in [5.74, 6) is 0.596. The summed E-state index contributed by atoms with van der Waals surface area (Å²) < 4.78 is 6.31. The summed E-state index contributed by atoms with van der Waals surface area (Å²) in [5, 5.41) is 9.82. The summed E-state index contributed by atoms with van der Waals surface area (Å²) in [6.45, 7) is 8.87. The SMILES string of the molecule is CC1(C)C(Oc2ccc(C#N)c(Cl)c2)C(C)(C)C1N1Cc2nc(Cl)ccc2C1=O. The van der Waals surface area contributed by atoms with Gasteiger partial charge in [-0.3, -0.25) is 4.79 Å². The third-order valence-electron chi connectivity index (χ3n) is 6.14. The van der Waals surface area contributed by atoms with E-state index in [0.29, 0.717) is 33.6 Å². The Morgan fingerprint density at radius 2 is 1.86 bits per heavy atom. The molecule has 1 aromatic carbocycles. The van der Waals surface area contributed by atoms with E-state index in [-0.39, 0.29) is 28.9 Å². The number of pyridine rings is 1. The van der Waals surface area contributed by atoms with Crippen molar-refractivity contribution in [1.29, 1.82) is 5.26 Å². The average molecular weight is 430 g/mol. The highest BCUT2D eigenvalue weighted by atomic mass is 35.5. The molecule has 29 heavy (non-hydrogen) atoms. The molecule has 0 bridgehead atoms. The minimum absolute atomic E-state index is 0.0183. The molecule has 2 heterocycles. The van der Waals surface area contributed by atoms with Crippen LogP contribution in [0.2, 0.25) is 10.2 Å². The molecular weight excluding hydrogens is 409 g/mol. The zero-order valence-corrected chi connectivity index (χ0v) is 18.2. The van der Waals surface area contributed by atoms with Gasteiger partial charge in [-0.25, -0.2) is 4.98 Å². The Labute approximate surface area is 180 Å². The molecule has 5 nitrogen and oxygen atoms in total. The van der Waals surface area contributed by atoms with Crippen molar-refractivity contribution in [3.63, 3.8) is 0 Å². The number of nitrogens with zero attached hydrogens (tertiary/aromatic N) is 3. The molecule has 4 rings (SSSR count). The number of rotatable bonds is 3. The van der Waals surface area contributed by atoms with Crippen molar-refractivity contribution in [2.75, 3.05) is 0 Å². The van der Waals surface area contributed by atoms with E-state index in [1.54, 1.807) is 30.3 Å². The maximum Gasteiger partial charge on any atom is 0.256 e. The van der Waals surface area contributed by atoms with Gasteiger partial charge in [0.15, 0.2) is 0 Å². The lowest BCUT2D eigenvalue weighted by Gasteiger charge is -2.65. The zero-order valence-electron chi connectivity index (χ0n) is 16.7. The van der Waals surface area contributed by atoms with E-state index >= 15 is 0 Å². The van der Waals surface area contributed by atoms with Gasteiger partial charge < -0.3 is 9.64 Å². The quantitative estimate of drug-likeness (QED) is 0.636. The van der Waals surface area contributed by atoms with Crippen molar-refractivity contribution in [3.05, 3.63) is 57.3 Å². The first kappa shape index (κ1) is 20.0. The Bertz CT molecular complexity index is 1040. The third-order valence-corrected chi connectivity index (χ3v) is 6.66. The molecule has 0 N–H and O–H groups in total. The summed E-state index contributed by atoms with van der Waals surface area (Å²) in [6, 6.07) is 10.5. The number of hydrogen-bond donors (Lipinski definition) is 0. The molecule has 0 spiro atoms. The molecule has 1 fully saturated rings. The average Bonchev–Trinajstić information content (AvgIpc) is 2.94. The van der Waals surface area contributed by atoms with Crippen LogP contribution >= 0.6 is 23.2 Å². The molecule has 150 valence electrons. The molecule has 2 aromatic rings. The molecule has 0 saturated heterocycles. The Morgan fingerprint density at radius 3 is 2.48 bits per heavy atom. The van der Waals surface area contributed by atoms with Crippen LogP contribution in [0.3, 0.4) is 0 Å². The van der Waals surface area contributed by atoms with Crippen LogP contribution in [0.15, 0.2) is 30.3 Å². The van der Waals surface area contributed by atoms with Crippen molar-refractivity contribution in [1.82, 2.24) is 9.88 Å². The van der Waals surface area contributed by atoms with Crippen LogP contribution in [-0.4, -0.2) is 27.9 Å². The number of carbonyl (C=O) groups is 1. The fraction of sp³-hybridized carbons (Fsp3) is 0.409. The van der Waals surface area contributed by atoms with Gasteiger partial charge in [0, 0.05) is 22.9 Å². The first-order valence-electron chi connectivity index (χ1n) is 9.40. The molecule has 1 aliphatic carbocycles. The molecule has 0 atom stereocenters. The fourth-order valence-corrected chi connectivity index (χ4v) is 5.78. The van der Waals surface area contributed by atoms with Crippen LogP contribution in [0, 0.1) is 22.2 Å². The van der Waals surface area contributed by atoms with Crippen LogP contribution in [0.5, 0.6) is 5.75 Å². The monoisotopic (exact) mass is 429 g/mol. The second kappa shape index (κ2) is 6.62. The number of fused-ring (bicyclic) bond motifs is 1. The molecule has 2 aliphatic rings. The lowest BCUT2D eigenvalue weighted by Crippen LogP contribution is -2.74. The van der Waals surface area contributed by atoms with E-state index < -0.39 is 0 Å². The van der Waals surface area contributed by atoms with Gasteiger partial charge in [0.25, 0.3) is 5.91 Å². The topological polar surface area (TPSA) is 66.2 Å². The molecule has 7 heteroatoms. The first-order valence-corrected chi connectivity index (χ1v) is 10.2. The molecule has 1 aromatic heterocycles. The van der Waals surface area contributed by atoms with Crippen molar-refractivity contribution < 1.29 is 9.53 Å². The number of aromatic nitrogens is 1. The molecule has 1 saturated carbocycles. The second-order valence-corrected chi connectivity index (χ2v) is 9.65. The van der Waals surface area contributed by atoms with Gasteiger partial charge in [-0.15, -0.1) is 0 Å². The van der Waals surface area contributed by atoms with Gasteiger partial charge in [0.1, 0.15) is 23.1 Å². The number of hydrogen-bond acceptors (Lipinski definition) is 4. The van der Waals surface area contributed by atoms with Crippen LogP contribution in [0.25, 0.3) is 0 Å². The van der Waals surface area contributed by atoms with Crippen molar-refractivity contribution in [2.45, 2.75) is 46.4 Å². The van der Waals surface area contributed by atoms with E-state index in [9.17, 15) is 4.79 Å². The minimum Gasteiger partial charge on any atom is -0.489 e. The summed E-state index contributed by atoms with van der Waals surface area (Å²) >= 11 is 12.2. The number of benzene rings is 1. The Morgan fingerprint density at radius 1 is 1.17 bits per heavy atom. The molecule has 1 aliphatic heterocycles. The van der Waals surface area contributed by atoms with Crippen molar-refractivity contribution in [2.24, 2.45) is 10.8 Å². The summed E-state index contributed by atoms with van der Waals surface area (Å²) in [4.78, 5) is 19.3. The second-order valence-electron chi connectivity index (χ2n) is 8.86. The number of halogens is 2. The summed E-state index contributed by atoms with van der Waals surface area (Å²) in [5.41, 5.74) is 1.15. The molecular formula is C22H21Cl2N3O2. The smallest absolute Gasteiger partial charge is 0.256 e. The van der Waals surface area contributed by atoms with Gasteiger partial charge in [-0.1, -0.05) is 50.9 Å². The normalized spacial score (nSPS) is 23.9. The van der Waals surface area contributed by atoms with Crippen LogP contribution in [0.4, 0.5) is 0 Å². The van der Waals surface area contributed by atoms with Crippen LogP contribution in [0.1, 0.15) is 49.3 Å². The highest BCUT2D eigenvalue weighted by molar-refractivity contribution is 6.31. The number of ether oxygens (including phenoxy) is 1. The predicted octanol–water partition coefficient (Wildman–Crippen LogP) is 5.10. The van der Waals surface area contributed by atoms with Gasteiger partial charge in [0.2, 0.25) is 0 Å². The largest absolute Gasteiger partial charge is 0.489 e. The van der Waals surface area contributed by atoms with E-state index in [4.69, 9.17) is 33.2 Å². The van der Waals surface area contributed by atoms with E-state index in [0.717, 1.165) is 5.69 Å². The fourth-order valence-electron chi connectivity index (χ4n) is 5.40. The highest BCUT2D eigenvalue weighted by Crippen LogP contribution is 2.59. The maximum atomic E-state index is 13.1. The van der Waals surface area contributed by atoms with E-state index in [1.807, 2.05) is 4.90 Å². The Hall–Kier alpha value is -2.29. The van der Waals surface area contributed by atoms with Crippen LogP contribution in [-0.2, 0) is 6.54 Å². The lowest BCUT2D eigenvalue weighted by atomic mass is 9.49. The van der Waals surface area contributed by atoms with Crippen molar-refractivity contribution in [3.8, 4) is 11.8 Å². The Balaban J connectivity index is 1.60. The van der Waals surface area contributed by atoms with Gasteiger partial charge in [-0.05, 0) is 24.3 Å². The molecule has 0 unspecified atom stereocenters. The van der Waals surface area contributed by atoms with Crippen molar-refractivity contribution >= 4 is 29.1 Å². The van der Waals surface area contributed by atoms with E-state index in [2.05, 4.69) is 38.7 Å². The van der Waals surface area contributed by atoms with Gasteiger partial charge in [-0.2, -0.15) is 5.26 Å². The Kier molecular flexibility index (Phi) is 4.56. The van der Waals surface area contributed by atoms with Gasteiger partial charge in [0.05, 0.1) is 28.4 Å². The molecule has 0 radical (unpaired) electrons. The zero-order chi connectivity index (χ0) is 21.1. The predicted molar refractivity (Wildman–Crippen MR) is 111 cm³/mol.